The third-order valence-electron chi connectivity index (χ3n) is 4.76. The highest BCUT2D eigenvalue weighted by Crippen LogP contribution is 2.33. The van der Waals surface area contributed by atoms with E-state index in [1.54, 1.807) is 10.8 Å². The molecule has 2 aromatic rings. The van der Waals surface area contributed by atoms with Gasteiger partial charge in [-0.15, -0.1) is 0 Å². The zero-order valence-corrected chi connectivity index (χ0v) is 17.0. The second kappa shape index (κ2) is 8.75. The van der Waals surface area contributed by atoms with Crippen molar-refractivity contribution in [2.75, 3.05) is 12.8 Å². The zero-order valence-electron chi connectivity index (χ0n) is 16.2. The molecule has 0 spiro atoms. The Morgan fingerprint density at radius 2 is 1.80 bits per heavy atom. The Bertz CT molecular complexity index is 1010. The van der Waals surface area contributed by atoms with E-state index in [4.69, 9.17) is 0 Å². The fourth-order valence-corrected chi connectivity index (χ4v) is 4.08. The van der Waals surface area contributed by atoms with Crippen molar-refractivity contribution in [1.82, 2.24) is 15.4 Å². The number of hydrogen-bond acceptors (Lipinski definition) is 4. The zero-order chi connectivity index (χ0) is 21.9. The number of fused-ring (bicyclic) bond motifs is 1. The van der Waals surface area contributed by atoms with Gasteiger partial charge in [0.15, 0.2) is 0 Å². The van der Waals surface area contributed by atoms with Gasteiger partial charge in [-0.3, -0.25) is 4.79 Å². The van der Waals surface area contributed by atoms with E-state index >= 15 is 0 Å². The van der Waals surface area contributed by atoms with Gasteiger partial charge in [-0.05, 0) is 29.2 Å². The van der Waals surface area contributed by atoms with Crippen LogP contribution in [-0.4, -0.2) is 39.3 Å². The molecule has 10 heteroatoms. The molecule has 30 heavy (non-hydrogen) atoms. The lowest BCUT2D eigenvalue weighted by Crippen LogP contribution is -2.46. The summed E-state index contributed by atoms with van der Waals surface area (Å²) in [6.07, 6.45) is -3.37. The third-order valence-corrected chi connectivity index (χ3v) is 5.42. The summed E-state index contributed by atoms with van der Waals surface area (Å²) in [4.78, 5) is 12.1. The first-order valence-corrected chi connectivity index (χ1v) is 11.1. The fraction of sp³-hybridized carbons (Fsp3) is 0.350. The van der Waals surface area contributed by atoms with Crippen LogP contribution in [0.5, 0.6) is 0 Å². The molecule has 1 aliphatic rings. The van der Waals surface area contributed by atoms with E-state index < -0.39 is 22.2 Å². The first kappa shape index (κ1) is 22.3. The molecule has 1 amide bonds. The standard InChI is InChI=1S/C20H22F3N3O3S/c1-30(28,29)26-18(20(21,22)23)14-8-6-13(7-9-14)11-24-12-16-10-15-4-2-3-5-17(15)19(27)25-16/h2-9,16,18,24,26H,10-12H2,1H3,(H,25,27)/t16?,18-/m0/s1. The monoisotopic (exact) mass is 441 g/mol. The van der Waals surface area contributed by atoms with Crippen LogP contribution in [0.1, 0.15) is 33.1 Å². The van der Waals surface area contributed by atoms with Gasteiger partial charge in [-0.2, -0.15) is 17.9 Å². The topological polar surface area (TPSA) is 87.3 Å². The van der Waals surface area contributed by atoms with E-state index in [9.17, 15) is 26.4 Å². The average Bonchev–Trinajstić information content (AvgIpc) is 2.65. The molecule has 3 rings (SSSR count). The molecule has 6 nitrogen and oxygen atoms in total. The lowest BCUT2D eigenvalue weighted by Gasteiger charge is -2.26. The Labute approximate surface area is 172 Å². The van der Waals surface area contributed by atoms with Crippen LogP contribution >= 0.6 is 0 Å². The second-order valence-electron chi connectivity index (χ2n) is 7.27. The van der Waals surface area contributed by atoms with Gasteiger partial charge in [-0.1, -0.05) is 42.5 Å². The van der Waals surface area contributed by atoms with E-state index in [2.05, 4.69) is 10.6 Å². The Morgan fingerprint density at radius 3 is 2.43 bits per heavy atom. The third kappa shape index (κ3) is 5.80. The number of rotatable bonds is 7. The summed E-state index contributed by atoms with van der Waals surface area (Å²) in [5, 5.41) is 6.12. The SMILES string of the molecule is CS(=O)(=O)N[C@@H](c1ccc(CNCC2Cc3ccccc3C(=O)N2)cc1)C(F)(F)F. The lowest BCUT2D eigenvalue weighted by atomic mass is 9.95. The summed E-state index contributed by atoms with van der Waals surface area (Å²) in [7, 11) is -4.03. The second-order valence-corrected chi connectivity index (χ2v) is 9.05. The molecule has 0 saturated heterocycles. The van der Waals surface area contributed by atoms with Crippen molar-refractivity contribution >= 4 is 15.9 Å². The highest BCUT2D eigenvalue weighted by atomic mass is 32.2. The number of nitrogens with one attached hydrogen (secondary N) is 3. The van der Waals surface area contributed by atoms with Crippen LogP contribution in [0, 0.1) is 0 Å². The molecule has 162 valence electrons. The molecule has 2 aromatic carbocycles. The maximum absolute atomic E-state index is 13.2. The number of alkyl halides is 3. The Hall–Kier alpha value is -2.43. The molecule has 0 aromatic heterocycles. The first-order valence-electron chi connectivity index (χ1n) is 9.25. The van der Waals surface area contributed by atoms with Gasteiger partial charge in [0.25, 0.3) is 5.91 Å². The number of carbonyl (C=O) groups is 1. The summed E-state index contributed by atoms with van der Waals surface area (Å²) in [5.41, 5.74) is 2.20. The van der Waals surface area contributed by atoms with Crippen molar-refractivity contribution in [3.63, 3.8) is 0 Å². The van der Waals surface area contributed by atoms with Crippen LogP contribution in [0.25, 0.3) is 0 Å². The van der Waals surface area contributed by atoms with Gasteiger partial charge in [0.1, 0.15) is 6.04 Å². The van der Waals surface area contributed by atoms with Crippen molar-refractivity contribution in [3.8, 4) is 0 Å². The molecule has 1 unspecified atom stereocenters. The molecule has 0 fully saturated rings. The molecule has 0 aliphatic carbocycles. The molecule has 3 N–H and O–H groups in total. The quantitative estimate of drug-likeness (QED) is 0.615. The number of carbonyl (C=O) groups excluding carboxylic acids is 1. The highest BCUT2D eigenvalue weighted by molar-refractivity contribution is 7.88. The summed E-state index contributed by atoms with van der Waals surface area (Å²) < 4.78 is 63.8. The Kier molecular flexibility index (Phi) is 6.49. The molecular formula is C20H22F3N3O3S. The number of hydrogen-bond donors (Lipinski definition) is 3. The normalized spacial score (nSPS) is 17.9. The van der Waals surface area contributed by atoms with Crippen LogP contribution in [0.3, 0.4) is 0 Å². The van der Waals surface area contributed by atoms with Gasteiger partial charge in [0, 0.05) is 24.7 Å². The molecule has 1 aliphatic heterocycles. The van der Waals surface area contributed by atoms with Gasteiger partial charge in [-0.25, -0.2) is 8.42 Å². The minimum atomic E-state index is -4.75. The van der Waals surface area contributed by atoms with Crippen molar-refractivity contribution in [1.29, 1.82) is 0 Å². The minimum absolute atomic E-state index is 0.0831. The van der Waals surface area contributed by atoms with E-state index in [1.165, 1.54) is 24.3 Å². The lowest BCUT2D eigenvalue weighted by molar-refractivity contribution is -0.153. The number of halogens is 3. The van der Waals surface area contributed by atoms with E-state index in [0.29, 0.717) is 31.3 Å². The van der Waals surface area contributed by atoms with Gasteiger partial charge < -0.3 is 10.6 Å². The van der Waals surface area contributed by atoms with Crippen LogP contribution in [0.2, 0.25) is 0 Å². The summed E-state index contributed by atoms with van der Waals surface area (Å²) in [6.45, 7) is 0.896. The largest absolute Gasteiger partial charge is 0.408 e. The number of amides is 1. The minimum Gasteiger partial charge on any atom is -0.348 e. The predicted molar refractivity (Wildman–Crippen MR) is 106 cm³/mol. The average molecular weight is 441 g/mol. The van der Waals surface area contributed by atoms with Crippen molar-refractivity contribution in [2.24, 2.45) is 0 Å². The van der Waals surface area contributed by atoms with Crippen molar-refractivity contribution in [2.45, 2.75) is 31.2 Å². The van der Waals surface area contributed by atoms with Gasteiger partial charge in [0.2, 0.25) is 10.0 Å². The van der Waals surface area contributed by atoms with Crippen molar-refractivity contribution < 1.29 is 26.4 Å². The summed E-state index contributed by atoms with van der Waals surface area (Å²) in [6, 6.07) is 10.6. The maximum Gasteiger partial charge on any atom is 0.408 e. The Morgan fingerprint density at radius 1 is 1.13 bits per heavy atom. The molecular weight excluding hydrogens is 419 g/mol. The number of sulfonamides is 1. The van der Waals surface area contributed by atoms with Crippen molar-refractivity contribution in [3.05, 3.63) is 70.8 Å². The van der Waals surface area contributed by atoms with E-state index in [-0.39, 0.29) is 17.5 Å². The maximum atomic E-state index is 13.2. The highest BCUT2D eigenvalue weighted by Gasteiger charge is 2.42. The summed E-state index contributed by atoms with van der Waals surface area (Å²) >= 11 is 0. The van der Waals surface area contributed by atoms with Gasteiger partial charge >= 0.3 is 6.18 Å². The van der Waals surface area contributed by atoms with Crippen LogP contribution < -0.4 is 15.4 Å². The van der Waals surface area contributed by atoms with E-state index in [0.717, 1.165) is 11.1 Å². The summed E-state index contributed by atoms with van der Waals surface area (Å²) in [5.74, 6) is -0.121. The molecule has 2 atom stereocenters. The molecule has 0 radical (unpaired) electrons. The number of benzene rings is 2. The van der Waals surface area contributed by atoms with E-state index in [1.807, 2.05) is 18.2 Å². The fourth-order valence-electron chi connectivity index (χ4n) is 3.38. The predicted octanol–water partition coefficient (Wildman–Crippen LogP) is 2.28. The smallest absolute Gasteiger partial charge is 0.348 e. The molecule has 1 heterocycles. The first-order chi connectivity index (χ1) is 14.0. The van der Waals surface area contributed by atoms with Gasteiger partial charge in [0.05, 0.1) is 6.26 Å². The molecule has 0 bridgehead atoms. The van der Waals surface area contributed by atoms with Crippen LogP contribution in [0.4, 0.5) is 13.2 Å². The van der Waals surface area contributed by atoms with Crippen LogP contribution in [-0.2, 0) is 23.0 Å². The molecule has 0 saturated carbocycles. The Balaban J connectivity index is 1.58. The van der Waals surface area contributed by atoms with Crippen LogP contribution in [0.15, 0.2) is 48.5 Å².